The van der Waals surface area contributed by atoms with Gasteiger partial charge in [-0.2, -0.15) is 0 Å². The van der Waals surface area contributed by atoms with Crippen LogP contribution in [0.5, 0.6) is 0 Å². The minimum absolute atomic E-state index is 0.173. The standard InChI is InChI=1S/C13H19NO3/c1-8-11(6-7-12(8)15)14-10-4-2-9(3-5-10)13(16)17/h9-10,14H,2-7H2,1H3,(H,16,17)/t9-,10+. The number of aliphatic carboxylic acids is 1. The van der Waals surface area contributed by atoms with Gasteiger partial charge in [-0.05, 0) is 39.0 Å². The summed E-state index contributed by atoms with van der Waals surface area (Å²) in [5.41, 5.74) is 1.94. The molecule has 2 rings (SSSR count). The SMILES string of the molecule is CC1=C(N[C@H]2CC[C@@H](C(=O)O)CC2)CCC1=O. The number of hydrogen-bond donors (Lipinski definition) is 2. The van der Waals surface area contributed by atoms with Crippen molar-refractivity contribution in [3.05, 3.63) is 11.3 Å². The second-order valence-electron chi connectivity index (χ2n) is 5.06. The first-order valence-corrected chi connectivity index (χ1v) is 6.30. The highest BCUT2D eigenvalue weighted by atomic mass is 16.4. The molecule has 0 aliphatic heterocycles. The number of carboxylic acid groups (broad SMARTS) is 1. The van der Waals surface area contributed by atoms with Crippen molar-refractivity contribution in [1.82, 2.24) is 5.32 Å². The molecule has 0 amide bonds. The first-order valence-electron chi connectivity index (χ1n) is 6.30. The van der Waals surface area contributed by atoms with Gasteiger partial charge in [0.05, 0.1) is 5.92 Å². The molecule has 0 unspecified atom stereocenters. The van der Waals surface area contributed by atoms with Gasteiger partial charge in [-0.3, -0.25) is 9.59 Å². The fraction of sp³-hybridized carbons (Fsp3) is 0.692. The molecule has 0 spiro atoms. The van der Waals surface area contributed by atoms with Crippen LogP contribution in [0.2, 0.25) is 0 Å². The van der Waals surface area contributed by atoms with E-state index in [-0.39, 0.29) is 11.7 Å². The number of Topliss-reactive ketones (excluding diaryl/α,β-unsaturated/α-hetero) is 1. The largest absolute Gasteiger partial charge is 0.481 e. The molecule has 4 nitrogen and oxygen atoms in total. The number of carbonyl (C=O) groups excluding carboxylic acids is 1. The normalized spacial score (nSPS) is 29.6. The Morgan fingerprint density at radius 1 is 1.24 bits per heavy atom. The molecule has 0 atom stereocenters. The van der Waals surface area contributed by atoms with Crippen molar-refractivity contribution in [3.63, 3.8) is 0 Å². The maximum atomic E-state index is 11.4. The van der Waals surface area contributed by atoms with Gasteiger partial charge in [0.1, 0.15) is 0 Å². The van der Waals surface area contributed by atoms with E-state index in [1.165, 1.54) is 0 Å². The van der Waals surface area contributed by atoms with Crippen molar-refractivity contribution in [3.8, 4) is 0 Å². The van der Waals surface area contributed by atoms with Crippen LogP contribution in [-0.2, 0) is 9.59 Å². The van der Waals surface area contributed by atoms with Gasteiger partial charge in [0.25, 0.3) is 0 Å². The van der Waals surface area contributed by atoms with E-state index in [1.54, 1.807) is 0 Å². The summed E-state index contributed by atoms with van der Waals surface area (Å²) in [5, 5.41) is 12.3. The molecule has 0 heterocycles. The van der Waals surface area contributed by atoms with Crippen LogP contribution >= 0.6 is 0 Å². The molecule has 0 saturated heterocycles. The molecule has 2 N–H and O–H groups in total. The van der Waals surface area contributed by atoms with E-state index in [2.05, 4.69) is 5.32 Å². The number of nitrogens with one attached hydrogen (secondary N) is 1. The van der Waals surface area contributed by atoms with Gasteiger partial charge in [0, 0.05) is 23.7 Å². The quantitative estimate of drug-likeness (QED) is 0.786. The van der Waals surface area contributed by atoms with Crippen LogP contribution in [-0.4, -0.2) is 22.9 Å². The molecule has 2 aliphatic rings. The number of carboxylic acids is 1. The Morgan fingerprint density at radius 2 is 1.88 bits per heavy atom. The molecule has 17 heavy (non-hydrogen) atoms. The topological polar surface area (TPSA) is 66.4 Å². The van der Waals surface area contributed by atoms with Crippen LogP contribution in [0.15, 0.2) is 11.3 Å². The van der Waals surface area contributed by atoms with Gasteiger partial charge in [0.15, 0.2) is 5.78 Å². The summed E-state index contributed by atoms with van der Waals surface area (Å²) in [6, 6.07) is 0.349. The zero-order valence-electron chi connectivity index (χ0n) is 10.2. The Morgan fingerprint density at radius 3 is 2.35 bits per heavy atom. The minimum atomic E-state index is -0.671. The van der Waals surface area contributed by atoms with E-state index in [4.69, 9.17) is 5.11 Å². The predicted molar refractivity (Wildman–Crippen MR) is 63.5 cm³/mol. The maximum absolute atomic E-state index is 11.4. The molecule has 0 radical (unpaired) electrons. The third-order valence-electron chi connectivity index (χ3n) is 3.93. The van der Waals surface area contributed by atoms with Gasteiger partial charge in [-0.25, -0.2) is 0 Å². The van der Waals surface area contributed by atoms with Crippen LogP contribution in [0.3, 0.4) is 0 Å². The third kappa shape index (κ3) is 2.68. The van der Waals surface area contributed by atoms with Crippen LogP contribution in [0.4, 0.5) is 0 Å². The Balaban J connectivity index is 1.87. The highest BCUT2D eigenvalue weighted by Gasteiger charge is 2.27. The molecule has 2 aliphatic carbocycles. The first kappa shape index (κ1) is 12.1. The minimum Gasteiger partial charge on any atom is -0.481 e. The van der Waals surface area contributed by atoms with E-state index in [0.717, 1.165) is 43.4 Å². The maximum Gasteiger partial charge on any atom is 0.306 e. The van der Waals surface area contributed by atoms with Gasteiger partial charge in [-0.15, -0.1) is 0 Å². The van der Waals surface area contributed by atoms with Gasteiger partial charge in [0.2, 0.25) is 0 Å². The second kappa shape index (κ2) is 4.90. The summed E-state index contributed by atoms with van der Waals surface area (Å²) >= 11 is 0. The van der Waals surface area contributed by atoms with Crippen molar-refractivity contribution in [2.75, 3.05) is 0 Å². The van der Waals surface area contributed by atoms with E-state index >= 15 is 0 Å². The van der Waals surface area contributed by atoms with Gasteiger partial charge < -0.3 is 10.4 Å². The van der Waals surface area contributed by atoms with Crippen LogP contribution in [0.1, 0.15) is 45.4 Å². The Kier molecular flexibility index (Phi) is 3.50. The lowest BCUT2D eigenvalue weighted by atomic mass is 9.86. The third-order valence-corrected chi connectivity index (χ3v) is 3.93. The van der Waals surface area contributed by atoms with Crippen LogP contribution < -0.4 is 5.32 Å². The zero-order chi connectivity index (χ0) is 12.4. The summed E-state index contributed by atoms with van der Waals surface area (Å²) in [7, 11) is 0. The summed E-state index contributed by atoms with van der Waals surface area (Å²) in [6.45, 7) is 1.88. The average molecular weight is 237 g/mol. The van der Waals surface area contributed by atoms with Gasteiger partial charge in [-0.1, -0.05) is 0 Å². The highest BCUT2D eigenvalue weighted by molar-refractivity contribution is 5.97. The monoisotopic (exact) mass is 237 g/mol. The number of ketones is 1. The summed E-state index contributed by atoms with van der Waals surface area (Å²) in [4.78, 5) is 22.2. The Hall–Kier alpha value is -1.32. The smallest absolute Gasteiger partial charge is 0.306 e. The van der Waals surface area contributed by atoms with Crippen molar-refractivity contribution in [1.29, 1.82) is 0 Å². The van der Waals surface area contributed by atoms with Crippen molar-refractivity contribution < 1.29 is 14.7 Å². The molecule has 0 aromatic heterocycles. The van der Waals surface area contributed by atoms with E-state index in [0.29, 0.717) is 12.5 Å². The van der Waals surface area contributed by atoms with Crippen molar-refractivity contribution in [2.24, 2.45) is 5.92 Å². The molecule has 0 bridgehead atoms. The highest BCUT2D eigenvalue weighted by Crippen LogP contribution is 2.27. The van der Waals surface area contributed by atoms with E-state index in [1.807, 2.05) is 6.92 Å². The molecular weight excluding hydrogens is 218 g/mol. The molecule has 4 heteroatoms. The Labute approximate surface area is 101 Å². The number of hydrogen-bond acceptors (Lipinski definition) is 3. The lowest BCUT2D eigenvalue weighted by Crippen LogP contribution is -2.34. The molecule has 0 aromatic carbocycles. The average Bonchev–Trinajstić information content (AvgIpc) is 2.62. The second-order valence-corrected chi connectivity index (χ2v) is 5.06. The fourth-order valence-electron chi connectivity index (χ4n) is 2.69. The van der Waals surface area contributed by atoms with Crippen molar-refractivity contribution >= 4 is 11.8 Å². The molecule has 0 aromatic rings. The lowest BCUT2D eigenvalue weighted by molar-refractivity contribution is -0.142. The summed E-state index contributed by atoms with van der Waals surface area (Å²) < 4.78 is 0. The fourth-order valence-corrected chi connectivity index (χ4v) is 2.69. The van der Waals surface area contributed by atoms with E-state index < -0.39 is 5.97 Å². The summed E-state index contributed by atoms with van der Waals surface area (Å²) in [5.74, 6) is -0.602. The van der Waals surface area contributed by atoms with E-state index in [9.17, 15) is 9.59 Å². The Bertz CT molecular complexity index is 365. The number of rotatable bonds is 3. The molecular formula is C13H19NO3. The molecule has 1 fully saturated rings. The first-order chi connectivity index (χ1) is 8.08. The lowest BCUT2D eigenvalue weighted by Gasteiger charge is -2.28. The van der Waals surface area contributed by atoms with Gasteiger partial charge >= 0.3 is 5.97 Å². The van der Waals surface area contributed by atoms with Crippen LogP contribution in [0.25, 0.3) is 0 Å². The molecule has 94 valence electrons. The van der Waals surface area contributed by atoms with Crippen LogP contribution in [0, 0.1) is 5.92 Å². The zero-order valence-corrected chi connectivity index (χ0v) is 10.2. The van der Waals surface area contributed by atoms with Crippen molar-refractivity contribution in [2.45, 2.75) is 51.5 Å². The summed E-state index contributed by atoms with van der Waals surface area (Å²) in [6.07, 6.45) is 4.71. The number of allylic oxidation sites excluding steroid dienone is 2. The molecule has 1 saturated carbocycles. The number of carbonyl (C=O) groups is 2. The predicted octanol–water partition coefficient (Wildman–Crippen LogP) is 1.86.